The van der Waals surface area contributed by atoms with Crippen molar-refractivity contribution in [2.75, 3.05) is 0 Å². The van der Waals surface area contributed by atoms with Crippen LogP contribution < -0.4 is 5.19 Å². The Labute approximate surface area is 357 Å². The molecule has 2 aliphatic rings. The van der Waals surface area contributed by atoms with Crippen molar-refractivity contribution < 1.29 is 0 Å². The van der Waals surface area contributed by atoms with Crippen molar-refractivity contribution in [3.63, 3.8) is 0 Å². The molecule has 288 valence electrons. The van der Waals surface area contributed by atoms with Crippen molar-refractivity contribution in [3.05, 3.63) is 223 Å². The van der Waals surface area contributed by atoms with Crippen molar-refractivity contribution in [1.82, 2.24) is 9.97 Å². The first-order valence-electron chi connectivity index (χ1n) is 21.3. The maximum Gasteiger partial charge on any atom is 0.0795 e. The van der Waals surface area contributed by atoms with Crippen LogP contribution in [0.25, 0.3) is 88.7 Å². The van der Waals surface area contributed by atoms with Gasteiger partial charge in [-0.25, -0.2) is 4.98 Å². The minimum Gasteiger partial charge on any atom is -0.256 e. The number of hydrogen-bond acceptors (Lipinski definition) is 2. The van der Waals surface area contributed by atoms with Gasteiger partial charge < -0.3 is 0 Å². The summed E-state index contributed by atoms with van der Waals surface area (Å²) in [4.78, 5) is 10.3. The fourth-order valence-electron chi connectivity index (χ4n) is 10.4. The summed E-state index contributed by atoms with van der Waals surface area (Å²) in [5, 5.41) is 5.03. The molecule has 2 nitrogen and oxygen atoms in total. The summed E-state index contributed by atoms with van der Waals surface area (Å²) < 4.78 is 0. The van der Waals surface area contributed by atoms with Crippen molar-refractivity contribution in [3.8, 4) is 67.0 Å². The molecular formula is C58H42N2Si. The molecule has 0 aliphatic heterocycles. The molecule has 10 aromatic rings. The third-order valence-electron chi connectivity index (χ3n) is 13.3. The van der Waals surface area contributed by atoms with Gasteiger partial charge in [-0.3, -0.25) is 4.98 Å². The molecule has 0 radical (unpaired) electrons. The first kappa shape index (κ1) is 35.7. The predicted octanol–water partition coefficient (Wildman–Crippen LogP) is 14.3. The van der Waals surface area contributed by atoms with Crippen molar-refractivity contribution in [2.24, 2.45) is 0 Å². The van der Waals surface area contributed by atoms with Gasteiger partial charge in [0.25, 0.3) is 0 Å². The number of fused-ring (bicyclic) bond motifs is 12. The zero-order chi connectivity index (χ0) is 40.9. The van der Waals surface area contributed by atoms with E-state index in [0.29, 0.717) is 0 Å². The van der Waals surface area contributed by atoms with Crippen LogP contribution in [0.3, 0.4) is 0 Å². The van der Waals surface area contributed by atoms with Gasteiger partial charge in [-0.05, 0) is 108 Å². The monoisotopic (exact) mass is 794 g/mol. The van der Waals surface area contributed by atoms with Crippen LogP contribution in [0.1, 0.15) is 22.3 Å². The molecule has 2 aliphatic carbocycles. The Morgan fingerprint density at radius 1 is 0.377 bits per heavy atom. The largest absolute Gasteiger partial charge is 0.256 e. The van der Waals surface area contributed by atoms with E-state index in [1.165, 1.54) is 77.2 Å². The quantitative estimate of drug-likeness (QED) is 0.162. The van der Waals surface area contributed by atoms with Gasteiger partial charge in [0.1, 0.15) is 0 Å². The number of para-hydroxylation sites is 1. The molecule has 0 fully saturated rings. The predicted molar refractivity (Wildman–Crippen MR) is 258 cm³/mol. The van der Waals surface area contributed by atoms with Gasteiger partial charge in [0.2, 0.25) is 0 Å². The summed E-state index contributed by atoms with van der Waals surface area (Å²) in [6.07, 6.45) is 1.87. The highest BCUT2D eigenvalue weighted by Gasteiger charge is 2.52. The Morgan fingerprint density at radius 2 is 0.951 bits per heavy atom. The molecule has 8 aromatic carbocycles. The molecule has 0 unspecified atom stereocenters. The maximum atomic E-state index is 5.45. The summed E-state index contributed by atoms with van der Waals surface area (Å²) in [7, 11) is -1.62. The van der Waals surface area contributed by atoms with Gasteiger partial charge in [0.15, 0.2) is 0 Å². The Kier molecular flexibility index (Phi) is 7.85. The lowest BCUT2D eigenvalue weighted by Gasteiger charge is -2.31. The molecule has 0 amide bonds. The van der Waals surface area contributed by atoms with E-state index >= 15 is 0 Å². The highest BCUT2D eigenvalue weighted by atomic mass is 28.3. The molecule has 12 rings (SSSR count). The van der Waals surface area contributed by atoms with Gasteiger partial charge in [-0.15, -0.1) is 0 Å². The van der Waals surface area contributed by atoms with E-state index in [1.807, 2.05) is 12.3 Å². The summed E-state index contributed by atoms with van der Waals surface area (Å²) in [6, 6.07) is 72.0. The highest BCUT2D eigenvalue weighted by molar-refractivity contribution is 6.88. The zero-order valence-corrected chi connectivity index (χ0v) is 35.4. The van der Waals surface area contributed by atoms with Gasteiger partial charge >= 0.3 is 0 Å². The number of hydrogen-bond donors (Lipinski definition) is 0. The SMILES string of the molecule is C[Si](C)(C)c1ccc2c(c1)C1(c3ccccc3-c3ccccc31)c1cc(-c3cccc(-c4cc(-c5cccc6ccccc56)cc(-c5cccc6cccnc56)n4)c3)ccc1-2. The summed E-state index contributed by atoms with van der Waals surface area (Å²) >= 11 is 0. The molecular weight excluding hydrogens is 753 g/mol. The molecule has 0 bridgehead atoms. The number of aromatic nitrogens is 2. The van der Waals surface area contributed by atoms with E-state index in [9.17, 15) is 0 Å². The maximum absolute atomic E-state index is 5.45. The van der Waals surface area contributed by atoms with Crippen molar-refractivity contribution >= 4 is 34.9 Å². The van der Waals surface area contributed by atoms with E-state index in [1.54, 1.807) is 0 Å². The molecule has 61 heavy (non-hydrogen) atoms. The van der Waals surface area contributed by atoms with Gasteiger partial charge in [0, 0.05) is 22.7 Å². The van der Waals surface area contributed by atoms with E-state index in [4.69, 9.17) is 9.97 Å². The minimum absolute atomic E-state index is 0.406. The van der Waals surface area contributed by atoms with Crippen LogP contribution in [0.2, 0.25) is 19.6 Å². The van der Waals surface area contributed by atoms with Crippen LogP contribution in [0, 0.1) is 0 Å². The Balaban J connectivity index is 1.06. The Bertz CT molecular complexity index is 3270. The van der Waals surface area contributed by atoms with Crippen LogP contribution in [0.4, 0.5) is 0 Å². The third kappa shape index (κ3) is 5.40. The standard InChI is InChI=1S/C58H42N2Si/c1-61(2,3)43-28-30-49-48-29-27-40(33-53(48)58(54(49)36-43)51-25-8-6-21-46(51)47-22-7-9-26-52(47)58)39-17-10-18-41(32-39)55-34-42(45-23-11-15-37-14-4-5-20-44(37)45)35-56(60-55)50-24-12-16-38-19-13-31-59-57(38)50/h4-36H,1-3H3. The van der Waals surface area contributed by atoms with Crippen LogP contribution in [0.5, 0.6) is 0 Å². The smallest absolute Gasteiger partial charge is 0.0795 e. The molecule has 0 saturated carbocycles. The fourth-order valence-corrected chi connectivity index (χ4v) is 11.6. The summed E-state index contributed by atoms with van der Waals surface area (Å²) in [5.74, 6) is 0. The van der Waals surface area contributed by atoms with Crippen LogP contribution in [-0.4, -0.2) is 18.0 Å². The molecule has 2 heterocycles. The molecule has 0 atom stereocenters. The third-order valence-corrected chi connectivity index (χ3v) is 15.3. The lowest BCUT2D eigenvalue weighted by molar-refractivity contribution is 0.795. The minimum atomic E-state index is -1.62. The molecule has 0 N–H and O–H groups in total. The average Bonchev–Trinajstić information content (AvgIpc) is 3.77. The number of rotatable bonds is 5. The van der Waals surface area contributed by atoms with Gasteiger partial charge in [-0.1, -0.05) is 189 Å². The van der Waals surface area contributed by atoms with E-state index in [-0.39, 0.29) is 0 Å². The Hall–Kier alpha value is -7.20. The first-order valence-corrected chi connectivity index (χ1v) is 24.8. The lowest BCUT2D eigenvalue weighted by atomic mass is 9.70. The molecule has 1 spiro atoms. The highest BCUT2D eigenvalue weighted by Crippen LogP contribution is 2.63. The van der Waals surface area contributed by atoms with E-state index < -0.39 is 13.5 Å². The Morgan fingerprint density at radius 3 is 1.75 bits per heavy atom. The summed E-state index contributed by atoms with van der Waals surface area (Å²) in [5.41, 5.74) is 20.0. The van der Waals surface area contributed by atoms with E-state index in [2.05, 4.69) is 208 Å². The lowest BCUT2D eigenvalue weighted by Crippen LogP contribution is -2.38. The van der Waals surface area contributed by atoms with Crippen molar-refractivity contribution in [2.45, 2.75) is 25.1 Å². The zero-order valence-electron chi connectivity index (χ0n) is 34.4. The average molecular weight is 795 g/mol. The second-order valence-electron chi connectivity index (χ2n) is 17.7. The fraction of sp³-hybridized carbons (Fsp3) is 0.0690. The molecule has 3 heteroatoms. The van der Waals surface area contributed by atoms with Gasteiger partial charge in [-0.2, -0.15) is 0 Å². The second-order valence-corrected chi connectivity index (χ2v) is 22.8. The second kappa shape index (κ2) is 13.4. The normalized spacial score (nSPS) is 13.3. The molecule has 0 saturated heterocycles. The summed E-state index contributed by atoms with van der Waals surface area (Å²) in [6.45, 7) is 7.37. The molecule has 2 aromatic heterocycles. The van der Waals surface area contributed by atoms with Crippen LogP contribution in [-0.2, 0) is 5.41 Å². The van der Waals surface area contributed by atoms with Crippen LogP contribution in [0.15, 0.2) is 200 Å². The van der Waals surface area contributed by atoms with Crippen molar-refractivity contribution in [1.29, 1.82) is 0 Å². The number of pyridine rings is 2. The van der Waals surface area contributed by atoms with E-state index in [0.717, 1.165) is 39.0 Å². The number of nitrogens with zero attached hydrogens (tertiary/aromatic N) is 2. The number of benzene rings is 8. The first-order chi connectivity index (χ1) is 29.9. The topological polar surface area (TPSA) is 25.8 Å². The van der Waals surface area contributed by atoms with Gasteiger partial charge in [0.05, 0.1) is 30.4 Å². The van der Waals surface area contributed by atoms with Crippen LogP contribution >= 0.6 is 0 Å².